The van der Waals surface area contributed by atoms with E-state index in [0.29, 0.717) is 40.1 Å². The Morgan fingerprint density at radius 2 is 1.62 bits per heavy atom. The fraction of sp³-hybridized carbons (Fsp3) is 0.136. The van der Waals surface area contributed by atoms with Crippen molar-refractivity contribution >= 4 is 17.6 Å². The number of halogens is 3. The van der Waals surface area contributed by atoms with Crippen molar-refractivity contribution in [3.05, 3.63) is 88.8 Å². The number of carbonyl (C=O) groups excluding carboxylic acids is 2. The molecule has 0 spiro atoms. The standard InChI is InChI=1S/C22H17F3N2O5/c23-22(24,25)15-10-11-20(29)27(12-15)13-21(30)31-14-19(28)26-17-8-4-5-9-18(17)32-16-6-2-1-3-7-16/h1-12H,13-14H2,(H,26,28). The van der Waals surface area contributed by atoms with Crippen LogP contribution in [0.5, 0.6) is 11.5 Å². The highest BCUT2D eigenvalue weighted by Crippen LogP contribution is 2.29. The van der Waals surface area contributed by atoms with E-state index >= 15 is 0 Å². The van der Waals surface area contributed by atoms with Crippen molar-refractivity contribution in [3.63, 3.8) is 0 Å². The van der Waals surface area contributed by atoms with E-state index in [9.17, 15) is 27.6 Å². The van der Waals surface area contributed by atoms with Gasteiger partial charge in [0.15, 0.2) is 12.4 Å². The number of carbonyl (C=O) groups is 2. The molecule has 0 aliphatic carbocycles. The molecule has 2 aromatic carbocycles. The summed E-state index contributed by atoms with van der Waals surface area (Å²) >= 11 is 0. The number of hydrogen-bond acceptors (Lipinski definition) is 5. The molecule has 166 valence electrons. The second-order valence-corrected chi connectivity index (χ2v) is 6.50. The van der Waals surface area contributed by atoms with Crippen LogP contribution in [0.1, 0.15) is 5.56 Å². The average Bonchev–Trinajstić information content (AvgIpc) is 2.75. The number of esters is 1. The third-order valence-electron chi connectivity index (χ3n) is 4.11. The van der Waals surface area contributed by atoms with Gasteiger partial charge >= 0.3 is 12.1 Å². The Labute approximate surface area is 180 Å². The first-order valence-corrected chi connectivity index (χ1v) is 9.27. The number of amides is 1. The van der Waals surface area contributed by atoms with Crippen LogP contribution < -0.4 is 15.6 Å². The summed E-state index contributed by atoms with van der Waals surface area (Å²) in [5, 5.41) is 2.53. The van der Waals surface area contributed by atoms with Crippen LogP contribution >= 0.6 is 0 Å². The van der Waals surface area contributed by atoms with Gasteiger partial charge in [-0.3, -0.25) is 14.4 Å². The van der Waals surface area contributed by atoms with Crippen LogP contribution in [-0.2, 0) is 27.0 Å². The van der Waals surface area contributed by atoms with Gasteiger partial charge < -0.3 is 19.4 Å². The zero-order valence-corrected chi connectivity index (χ0v) is 16.5. The van der Waals surface area contributed by atoms with Gasteiger partial charge in [0, 0.05) is 12.3 Å². The van der Waals surface area contributed by atoms with Crippen LogP contribution in [0.2, 0.25) is 0 Å². The van der Waals surface area contributed by atoms with Crippen LogP contribution in [0.15, 0.2) is 77.7 Å². The van der Waals surface area contributed by atoms with E-state index in [1.165, 1.54) is 0 Å². The molecular formula is C22H17F3N2O5. The van der Waals surface area contributed by atoms with Crippen LogP contribution in [0, 0.1) is 0 Å². The fourth-order valence-electron chi connectivity index (χ4n) is 2.61. The highest BCUT2D eigenvalue weighted by Gasteiger charge is 2.31. The third kappa shape index (κ3) is 6.21. The van der Waals surface area contributed by atoms with Crippen molar-refractivity contribution in [2.24, 2.45) is 0 Å². The lowest BCUT2D eigenvalue weighted by Gasteiger charge is -2.13. The number of rotatable bonds is 7. The lowest BCUT2D eigenvalue weighted by atomic mass is 10.3. The maximum atomic E-state index is 12.8. The Hall–Kier alpha value is -4.08. The summed E-state index contributed by atoms with van der Waals surface area (Å²) in [5.74, 6) is -0.838. The first-order valence-electron chi connectivity index (χ1n) is 9.27. The number of ether oxygens (including phenoxy) is 2. The minimum atomic E-state index is -4.67. The van der Waals surface area contributed by atoms with Crippen molar-refractivity contribution in [2.45, 2.75) is 12.7 Å². The molecule has 3 aromatic rings. The van der Waals surface area contributed by atoms with Gasteiger partial charge in [0.1, 0.15) is 12.3 Å². The first-order chi connectivity index (χ1) is 15.2. The van der Waals surface area contributed by atoms with E-state index in [-0.39, 0.29) is 0 Å². The van der Waals surface area contributed by atoms with Gasteiger partial charge in [0.05, 0.1) is 11.3 Å². The van der Waals surface area contributed by atoms with E-state index < -0.39 is 42.3 Å². The molecule has 0 radical (unpaired) electrons. The van der Waals surface area contributed by atoms with Gasteiger partial charge in [0.25, 0.3) is 11.5 Å². The quantitative estimate of drug-likeness (QED) is 0.558. The Morgan fingerprint density at radius 3 is 2.34 bits per heavy atom. The van der Waals surface area contributed by atoms with Crippen LogP contribution in [0.4, 0.5) is 18.9 Å². The largest absolute Gasteiger partial charge is 0.455 e. The molecule has 0 saturated carbocycles. The topological polar surface area (TPSA) is 86.6 Å². The summed E-state index contributed by atoms with van der Waals surface area (Å²) in [6.45, 7) is -1.48. The molecule has 0 aliphatic heterocycles. The van der Waals surface area contributed by atoms with Gasteiger partial charge in [-0.25, -0.2) is 0 Å². The number of pyridine rings is 1. The van der Waals surface area contributed by atoms with Gasteiger partial charge in [-0.2, -0.15) is 13.2 Å². The lowest BCUT2D eigenvalue weighted by Crippen LogP contribution is -2.28. The van der Waals surface area contributed by atoms with Crippen molar-refractivity contribution in [2.75, 3.05) is 11.9 Å². The monoisotopic (exact) mass is 446 g/mol. The van der Waals surface area contributed by atoms with Crippen molar-refractivity contribution in [1.82, 2.24) is 4.57 Å². The predicted octanol–water partition coefficient (Wildman–Crippen LogP) is 3.84. The smallest absolute Gasteiger partial charge is 0.417 e. The molecule has 7 nitrogen and oxygen atoms in total. The van der Waals surface area contributed by atoms with Gasteiger partial charge in [-0.15, -0.1) is 0 Å². The molecule has 0 unspecified atom stereocenters. The molecule has 0 bridgehead atoms. The number of benzene rings is 2. The fourth-order valence-corrected chi connectivity index (χ4v) is 2.61. The summed E-state index contributed by atoms with van der Waals surface area (Å²) in [4.78, 5) is 35.8. The summed E-state index contributed by atoms with van der Waals surface area (Å²) < 4.78 is 49.4. The Bertz CT molecular complexity index is 1160. The van der Waals surface area contributed by atoms with Crippen LogP contribution in [0.25, 0.3) is 0 Å². The number of alkyl halides is 3. The average molecular weight is 446 g/mol. The number of anilines is 1. The lowest BCUT2D eigenvalue weighted by molar-refractivity contribution is -0.148. The molecule has 3 rings (SSSR count). The van der Waals surface area contributed by atoms with Crippen molar-refractivity contribution in [3.8, 4) is 11.5 Å². The molecule has 0 atom stereocenters. The summed E-state index contributed by atoms with van der Waals surface area (Å²) in [6, 6.07) is 16.8. The molecule has 1 amide bonds. The molecule has 1 N–H and O–H groups in total. The first kappa shape index (κ1) is 22.6. The third-order valence-corrected chi connectivity index (χ3v) is 4.11. The summed E-state index contributed by atoms with van der Waals surface area (Å²) in [6.07, 6.45) is -4.16. The second kappa shape index (κ2) is 9.82. The minimum absolute atomic E-state index is 0.325. The predicted molar refractivity (Wildman–Crippen MR) is 108 cm³/mol. The Morgan fingerprint density at radius 1 is 0.938 bits per heavy atom. The number of nitrogens with zero attached hydrogens (tertiary/aromatic N) is 1. The van der Waals surface area contributed by atoms with Gasteiger partial charge in [0.2, 0.25) is 0 Å². The molecule has 1 aromatic heterocycles. The molecule has 0 saturated heterocycles. The number of hydrogen-bond donors (Lipinski definition) is 1. The van der Waals surface area contributed by atoms with E-state index in [0.717, 1.165) is 0 Å². The number of nitrogens with one attached hydrogen (secondary N) is 1. The molecule has 10 heteroatoms. The van der Waals surface area contributed by atoms with Gasteiger partial charge in [-0.05, 0) is 30.3 Å². The Balaban J connectivity index is 1.58. The van der Waals surface area contributed by atoms with Crippen LogP contribution in [0.3, 0.4) is 0 Å². The summed E-state index contributed by atoms with van der Waals surface area (Å²) in [5.41, 5.74) is -1.57. The van der Waals surface area contributed by atoms with Crippen molar-refractivity contribution in [1.29, 1.82) is 0 Å². The maximum absolute atomic E-state index is 12.8. The zero-order chi connectivity index (χ0) is 23.1. The van der Waals surface area contributed by atoms with Gasteiger partial charge in [-0.1, -0.05) is 30.3 Å². The second-order valence-electron chi connectivity index (χ2n) is 6.50. The normalized spacial score (nSPS) is 11.0. The SMILES string of the molecule is O=C(COC(=O)Cn1cc(C(F)(F)F)ccc1=O)Nc1ccccc1Oc1ccccc1. The van der Waals surface area contributed by atoms with E-state index in [4.69, 9.17) is 9.47 Å². The molecule has 0 fully saturated rings. The molecule has 0 aliphatic rings. The molecular weight excluding hydrogens is 429 g/mol. The van der Waals surface area contributed by atoms with E-state index in [1.807, 2.05) is 6.07 Å². The van der Waals surface area contributed by atoms with Crippen molar-refractivity contribution < 1.29 is 32.2 Å². The van der Waals surface area contributed by atoms with E-state index in [2.05, 4.69) is 5.32 Å². The Kier molecular flexibility index (Phi) is 6.93. The zero-order valence-electron chi connectivity index (χ0n) is 16.5. The highest BCUT2D eigenvalue weighted by molar-refractivity contribution is 5.94. The molecule has 1 heterocycles. The number of aromatic nitrogens is 1. The summed E-state index contributed by atoms with van der Waals surface area (Å²) in [7, 11) is 0. The van der Waals surface area contributed by atoms with Crippen LogP contribution in [-0.4, -0.2) is 23.1 Å². The molecule has 32 heavy (non-hydrogen) atoms. The highest BCUT2D eigenvalue weighted by atomic mass is 19.4. The van der Waals surface area contributed by atoms with E-state index in [1.54, 1.807) is 48.5 Å². The minimum Gasteiger partial charge on any atom is -0.455 e. The maximum Gasteiger partial charge on any atom is 0.417 e. The number of para-hydroxylation sites is 3.